The number of hydrogen-bond acceptors (Lipinski definition) is 7. The number of nitrogens with two attached hydrogens (primary N) is 1. The second-order valence-electron chi connectivity index (χ2n) is 5.77. The lowest BCUT2D eigenvalue weighted by Gasteiger charge is -2.14. The normalized spacial score (nSPS) is 10.2. The second kappa shape index (κ2) is 12.1. The van der Waals surface area contributed by atoms with Crippen molar-refractivity contribution in [2.24, 2.45) is 5.73 Å². The standard InChI is InChI=1S/C17H16F2N2O5S2.CH3NOS/c1-3-25-17(27)20-16(22)10-4-6-13(21-28(2,23)24)15(8-10)26-14-7-5-11(18)9-12(14)19;2-1(3)4/h4-9,21H,3H2,1-2H3,(H,20,22,27);(H3,2,3,4). The van der Waals surface area contributed by atoms with Gasteiger partial charge < -0.3 is 20.3 Å². The summed E-state index contributed by atoms with van der Waals surface area (Å²) >= 11 is 8.70. The van der Waals surface area contributed by atoms with Gasteiger partial charge in [-0.3, -0.25) is 14.8 Å². The number of anilines is 1. The molecule has 0 aliphatic rings. The zero-order chi connectivity index (χ0) is 24.5. The Balaban J connectivity index is 0.00000118. The third-order valence-corrected chi connectivity index (χ3v) is 3.95. The number of carbonyl (C=O) groups excluding carboxylic acids is 1. The minimum absolute atomic E-state index is 0.0404. The summed E-state index contributed by atoms with van der Waals surface area (Å²) in [5, 5.41) is 9.25. The van der Waals surface area contributed by atoms with E-state index in [1.807, 2.05) is 0 Å². The van der Waals surface area contributed by atoms with Crippen LogP contribution in [0, 0.1) is 11.6 Å². The van der Waals surface area contributed by atoms with E-state index < -0.39 is 32.7 Å². The molecule has 2 aromatic rings. The number of aliphatic hydroxyl groups excluding tert-OH is 1. The number of rotatable bonds is 6. The fraction of sp³-hybridized carbons (Fsp3) is 0.167. The van der Waals surface area contributed by atoms with Crippen LogP contribution in [0.3, 0.4) is 0 Å². The van der Waals surface area contributed by atoms with E-state index in [0.717, 1.165) is 18.4 Å². The van der Waals surface area contributed by atoms with Crippen molar-refractivity contribution in [1.29, 1.82) is 0 Å². The molecule has 0 aromatic heterocycles. The summed E-state index contributed by atoms with van der Waals surface area (Å²) in [4.78, 5) is 12.2. The lowest BCUT2D eigenvalue weighted by Crippen LogP contribution is -2.30. The molecule has 0 saturated heterocycles. The summed E-state index contributed by atoms with van der Waals surface area (Å²) in [5.74, 6) is -2.99. The average Bonchev–Trinajstić information content (AvgIpc) is 2.63. The Morgan fingerprint density at radius 1 is 1.16 bits per heavy atom. The molecule has 1 amide bonds. The lowest BCUT2D eigenvalue weighted by atomic mass is 10.2. The van der Waals surface area contributed by atoms with Gasteiger partial charge in [-0.05, 0) is 61.7 Å². The Morgan fingerprint density at radius 2 is 1.78 bits per heavy atom. The molecule has 0 heterocycles. The van der Waals surface area contributed by atoms with Crippen molar-refractivity contribution in [3.63, 3.8) is 0 Å². The number of nitrogens with one attached hydrogen (secondary N) is 2. The Bertz CT molecular complexity index is 1110. The monoisotopic (exact) mass is 507 g/mol. The average molecular weight is 508 g/mol. The minimum Gasteiger partial charge on any atom is -0.487 e. The van der Waals surface area contributed by atoms with Gasteiger partial charge in [0.1, 0.15) is 5.82 Å². The van der Waals surface area contributed by atoms with Crippen molar-refractivity contribution in [3.8, 4) is 11.5 Å². The number of hydrogen-bond donors (Lipinski definition) is 4. The Hall–Kier alpha value is -3.10. The van der Waals surface area contributed by atoms with Crippen molar-refractivity contribution < 1.29 is 36.6 Å². The molecule has 174 valence electrons. The maximum Gasteiger partial charge on any atom is 0.263 e. The first-order valence-corrected chi connectivity index (χ1v) is 11.2. The van der Waals surface area contributed by atoms with Crippen molar-refractivity contribution in [2.45, 2.75) is 6.92 Å². The van der Waals surface area contributed by atoms with Gasteiger partial charge in [0, 0.05) is 11.6 Å². The number of thiocarbonyl (C=S) groups is 2. The number of ether oxygens (including phenoxy) is 2. The van der Waals surface area contributed by atoms with Crippen LogP contribution >= 0.6 is 24.4 Å². The van der Waals surface area contributed by atoms with Gasteiger partial charge in [0.15, 0.2) is 17.3 Å². The topological polar surface area (TPSA) is 140 Å². The molecule has 2 aromatic carbocycles. The number of benzene rings is 2. The van der Waals surface area contributed by atoms with Crippen LogP contribution in [0.15, 0.2) is 36.4 Å². The van der Waals surface area contributed by atoms with E-state index in [0.29, 0.717) is 6.07 Å². The van der Waals surface area contributed by atoms with Gasteiger partial charge >= 0.3 is 0 Å². The molecule has 0 radical (unpaired) electrons. The molecule has 0 bridgehead atoms. The van der Waals surface area contributed by atoms with E-state index in [1.165, 1.54) is 18.2 Å². The van der Waals surface area contributed by atoms with Crippen LogP contribution in [0.2, 0.25) is 0 Å². The molecule has 0 fully saturated rings. The number of amides is 1. The number of halogens is 2. The molecule has 32 heavy (non-hydrogen) atoms. The lowest BCUT2D eigenvalue weighted by molar-refractivity contribution is 0.0968. The maximum absolute atomic E-state index is 13.9. The molecule has 0 spiro atoms. The molecule has 0 atom stereocenters. The first kappa shape index (κ1) is 26.9. The van der Waals surface area contributed by atoms with Gasteiger partial charge in [-0.2, -0.15) is 0 Å². The van der Waals surface area contributed by atoms with Gasteiger partial charge in [-0.25, -0.2) is 17.2 Å². The quantitative estimate of drug-likeness (QED) is 0.434. The van der Waals surface area contributed by atoms with Crippen molar-refractivity contribution in [3.05, 3.63) is 53.6 Å². The smallest absolute Gasteiger partial charge is 0.263 e. The molecular formula is C18H19F2N3O6S3. The van der Waals surface area contributed by atoms with E-state index in [2.05, 4.69) is 28.0 Å². The van der Waals surface area contributed by atoms with Crippen LogP contribution in [-0.2, 0) is 14.8 Å². The van der Waals surface area contributed by atoms with Crippen LogP contribution in [0.25, 0.3) is 0 Å². The predicted molar refractivity (Wildman–Crippen MR) is 122 cm³/mol. The summed E-state index contributed by atoms with van der Waals surface area (Å²) in [6, 6.07) is 6.36. The Kier molecular flexibility index (Phi) is 10.2. The van der Waals surface area contributed by atoms with Gasteiger partial charge in [-0.1, -0.05) is 0 Å². The largest absolute Gasteiger partial charge is 0.487 e. The highest BCUT2D eigenvalue weighted by atomic mass is 32.2. The van der Waals surface area contributed by atoms with Crippen LogP contribution in [0.5, 0.6) is 11.5 Å². The van der Waals surface area contributed by atoms with Crippen LogP contribution in [0.1, 0.15) is 17.3 Å². The number of sulfonamides is 1. The fourth-order valence-corrected chi connectivity index (χ4v) is 2.82. The van der Waals surface area contributed by atoms with E-state index in [1.54, 1.807) is 6.92 Å². The number of aliphatic hydroxyl groups is 1. The molecule has 9 nitrogen and oxygen atoms in total. The van der Waals surface area contributed by atoms with Crippen molar-refractivity contribution in [2.75, 3.05) is 17.6 Å². The third-order valence-electron chi connectivity index (χ3n) is 3.14. The zero-order valence-corrected chi connectivity index (χ0v) is 19.2. The molecule has 5 N–H and O–H groups in total. The maximum atomic E-state index is 13.9. The Morgan fingerprint density at radius 3 is 2.31 bits per heavy atom. The molecule has 14 heteroatoms. The molecule has 0 aliphatic carbocycles. The van der Waals surface area contributed by atoms with Gasteiger partial charge in [-0.15, -0.1) is 0 Å². The molecular weight excluding hydrogens is 488 g/mol. The molecule has 2 rings (SSSR count). The van der Waals surface area contributed by atoms with Gasteiger partial charge in [0.2, 0.25) is 10.0 Å². The summed E-state index contributed by atoms with van der Waals surface area (Å²) in [6.07, 6.45) is 0.913. The number of carbonyl (C=O) groups is 1. The highest BCUT2D eigenvalue weighted by Gasteiger charge is 2.16. The van der Waals surface area contributed by atoms with Crippen LogP contribution in [-0.4, -0.2) is 42.6 Å². The SMILES string of the molecule is CCOC(=S)NC(=O)c1ccc(NS(C)(=O)=O)c(Oc2ccc(F)cc2F)c1.NC(O)=S. The second-order valence-corrected chi connectivity index (χ2v) is 8.31. The summed E-state index contributed by atoms with van der Waals surface area (Å²) in [5.41, 5.74) is 4.39. The van der Waals surface area contributed by atoms with Crippen LogP contribution in [0.4, 0.5) is 14.5 Å². The summed E-state index contributed by atoms with van der Waals surface area (Å²) in [6.45, 7) is 1.95. The molecule has 0 unspecified atom stereocenters. The first-order valence-electron chi connectivity index (χ1n) is 8.53. The van der Waals surface area contributed by atoms with E-state index in [4.69, 9.17) is 26.8 Å². The predicted octanol–water partition coefficient (Wildman–Crippen LogP) is 2.97. The fourth-order valence-electron chi connectivity index (χ4n) is 2.04. The van der Waals surface area contributed by atoms with Crippen molar-refractivity contribution >= 4 is 56.4 Å². The molecule has 0 saturated carbocycles. The van der Waals surface area contributed by atoms with E-state index >= 15 is 0 Å². The molecule has 0 aliphatic heterocycles. The van der Waals surface area contributed by atoms with E-state index in [-0.39, 0.29) is 34.5 Å². The highest BCUT2D eigenvalue weighted by molar-refractivity contribution is 7.92. The van der Waals surface area contributed by atoms with Gasteiger partial charge in [0.25, 0.3) is 16.3 Å². The van der Waals surface area contributed by atoms with Gasteiger partial charge in [0.05, 0.1) is 18.6 Å². The van der Waals surface area contributed by atoms with Crippen molar-refractivity contribution in [1.82, 2.24) is 5.32 Å². The minimum atomic E-state index is -3.69. The summed E-state index contributed by atoms with van der Waals surface area (Å²) < 4.78 is 62.6. The van der Waals surface area contributed by atoms with Crippen LogP contribution < -0.4 is 20.5 Å². The first-order chi connectivity index (χ1) is 14.8. The Labute approximate surface area is 193 Å². The third kappa shape index (κ3) is 9.80. The highest BCUT2D eigenvalue weighted by Crippen LogP contribution is 2.33. The summed E-state index contributed by atoms with van der Waals surface area (Å²) in [7, 11) is -3.69. The van der Waals surface area contributed by atoms with E-state index in [9.17, 15) is 22.0 Å². The zero-order valence-electron chi connectivity index (χ0n) is 16.7.